The summed E-state index contributed by atoms with van der Waals surface area (Å²) in [4.78, 5) is 0. The molecule has 0 radical (unpaired) electrons. The SMILES string of the molecule is CC(C)(C)[As]12(OC(C(F)(F)C(F)(F)C(F)(F)F)(C(F)(F)C(F)(F)C(F)(F)F)c3ccccc31)OC(C(F)(F)C(F)(F)C(F)(F)F)(C(F)(F)C(F)(F)C(F)(F)F)c1ccccc12. The van der Waals surface area contributed by atoms with Crippen LogP contribution >= 0.6 is 0 Å². The Morgan fingerprint density at radius 1 is 0.344 bits per heavy atom. The summed E-state index contributed by atoms with van der Waals surface area (Å²) in [7, 11) is 0. The first-order valence-electron chi connectivity index (χ1n) is 15.4. The van der Waals surface area contributed by atoms with Crippen molar-refractivity contribution in [1.82, 2.24) is 0 Å². The van der Waals surface area contributed by atoms with Gasteiger partial charge in [-0.15, -0.1) is 0 Å². The van der Waals surface area contributed by atoms with Gasteiger partial charge in [0.25, 0.3) is 0 Å². The summed E-state index contributed by atoms with van der Waals surface area (Å²) < 4.78 is 417. The van der Waals surface area contributed by atoms with Gasteiger partial charge in [-0.1, -0.05) is 0 Å². The van der Waals surface area contributed by atoms with Gasteiger partial charge in [-0.25, -0.2) is 0 Å². The number of fused-ring (bicyclic) bond motifs is 4. The Bertz CT molecular complexity index is 1840. The maximum absolute atomic E-state index is 16.4. The minimum atomic E-state index is -10.1. The number of benzene rings is 2. The molecule has 0 atom stereocenters. The predicted octanol–water partition coefficient (Wildman–Crippen LogP) is 11.8. The monoisotopic (exact) mass is 1020 g/mol. The maximum atomic E-state index is 16.4. The van der Waals surface area contributed by atoms with Gasteiger partial charge in [0.2, 0.25) is 0 Å². The second-order valence-corrected chi connectivity index (χ2v) is 23.9. The predicted molar refractivity (Wildman–Crippen MR) is 147 cm³/mol. The molecule has 0 amide bonds. The molecule has 0 aromatic heterocycles. The zero-order chi connectivity index (χ0) is 48.3. The van der Waals surface area contributed by atoms with Crippen molar-refractivity contribution in [2.24, 2.45) is 0 Å². The van der Waals surface area contributed by atoms with Crippen LogP contribution in [0.1, 0.15) is 31.9 Å². The number of halogens is 28. The van der Waals surface area contributed by atoms with Gasteiger partial charge >= 0.3 is 320 Å². The molecule has 0 saturated carbocycles. The molecule has 0 unspecified atom stereocenters. The third-order valence-electron chi connectivity index (χ3n) is 10.1. The molecule has 0 aliphatic carbocycles. The molecular weight excluding hydrogens is 999 g/mol. The summed E-state index contributed by atoms with van der Waals surface area (Å²) in [5.74, 6) is -68.8. The van der Waals surface area contributed by atoms with Crippen molar-refractivity contribution in [2.45, 2.75) is 108 Å². The first kappa shape index (κ1) is 50.6. The first-order chi connectivity index (χ1) is 26.5. The van der Waals surface area contributed by atoms with Gasteiger partial charge in [0.1, 0.15) is 0 Å². The third-order valence-corrected chi connectivity index (χ3v) is 23.1. The van der Waals surface area contributed by atoms with Crippen LogP contribution in [0.25, 0.3) is 0 Å². The molecule has 2 aromatic carbocycles. The number of rotatable bonds is 8. The standard InChI is InChI=1S/C30H17AsF28O2/c1-16(2,3)31(14-10-6-4-8-12(14)17(60-31,19(32,33)23(40,41)27(48,49)50)20(34,35)24(42,43)28(51,52)53)15-11-7-5-9-13(15)18(61-31,21(36,37)25(44,45)29(54,55)56)22(38,39)26(46,47)30(57,58)59/h4-11H,1-3H3. The molecule has 0 saturated heterocycles. The number of hydrogen-bond donors (Lipinski definition) is 0. The molecule has 2 aromatic rings. The summed E-state index contributed by atoms with van der Waals surface area (Å²) in [5.41, 5.74) is -22.3. The van der Waals surface area contributed by atoms with Crippen LogP contribution in [0.3, 0.4) is 0 Å². The van der Waals surface area contributed by atoms with Crippen molar-refractivity contribution in [3.63, 3.8) is 0 Å². The van der Waals surface area contributed by atoms with E-state index in [1.165, 1.54) is 0 Å². The van der Waals surface area contributed by atoms with Gasteiger partial charge in [-0.3, -0.25) is 0 Å². The summed E-state index contributed by atoms with van der Waals surface area (Å²) in [6.45, 7) is -0.379. The second kappa shape index (κ2) is 12.6. The second-order valence-electron chi connectivity index (χ2n) is 14.3. The molecule has 1 spiro atoms. The van der Waals surface area contributed by atoms with Crippen LogP contribution in [0.4, 0.5) is 123 Å². The Morgan fingerprint density at radius 3 is 0.721 bits per heavy atom. The molecule has 0 fully saturated rings. The molecule has 0 N–H and O–H groups in total. The van der Waals surface area contributed by atoms with E-state index in [0.29, 0.717) is 0 Å². The van der Waals surface area contributed by atoms with Crippen molar-refractivity contribution in [2.75, 3.05) is 0 Å². The fraction of sp³-hybridized carbons (Fsp3) is 0.600. The van der Waals surface area contributed by atoms with Crippen LogP contribution < -0.4 is 8.70 Å². The molecule has 4 rings (SSSR count). The van der Waals surface area contributed by atoms with E-state index in [1.807, 2.05) is 0 Å². The zero-order valence-corrected chi connectivity index (χ0v) is 30.8. The molecule has 2 aliphatic rings. The van der Waals surface area contributed by atoms with E-state index in [-0.39, 0.29) is 45.0 Å². The van der Waals surface area contributed by atoms with E-state index in [1.54, 1.807) is 0 Å². The molecule has 350 valence electrons. The third kappa shape index (κ3) is 5.25. The molecule has 31 heteroatoms. The average molecular weight is 1020 g/mol. The fourth-order valence-corrected chi connectivity index (χ4v) is 20.6. The van der Waals surface area contributed by atoms with Crippen molar-refractivity contribution in [3.05, 3.63) is 59.7 Å². The van der Waals surface area contributed by atoms with Gasteiger partial charge in [0.05, 0.1) is 0 Å². The molecule has 61 heavy (non-hydrogen) atoms. The quantitative estimate of drug-likeness (QED) is 0.194. The Kier molecular flexibility index (Phi) is 10.5. The molecular formula is C30H17AsF28O2. The Labute approximate surface area is 320 Å². The van der Waals surface area contributed by atoms with E-state index in [2.05, 4.69) is 7.45 Å². The van der Waals surface area contributed by atoms with Crippen molar-refractivity contribution in [1.29, 1.82) is 0 Å². The Balaban J connectivity index is 2.57. The van der Waals surface area contributed by atoms with Crippen LogP contribution in [0.2, 0.25) is 4.20 Å². The normalized spacial score (nSPS) is 21.2. The molecule has 0 bridgehead atoms. The summed E-state index contributed by atoms with van der Waals surface area (Å²) in [6.07, 6.45) is -32.8. The number of hydrogen-bond acceptors (Lipinski definition) is 2. The Hall–Kier alpha value is -3.04. The van der Waals surface area contributed by atoms with E-state index < -0.39 is 145 Å². The molecule has 2 heterocycles. The summed E-state index contributed by atoms with van der Waals surface area (Å²) in [5, 5.41) is 0. The van der Waals surface area contributed by atoms with Gasteiger partial charge in [-0.2, -0.15) is 0 Å². The van der Waals surface area contributed by atoms with E-state index in [9.17, 15) is 52.7 Å². The number of alkyl halides is 28. The van der Waals surface area contributed by atoms with Gasteiger partial charge in [-0.05, 0) is 0 Å². The summed E-state index contributed by atoms with van der Waals surface area (Å²) >= 11 is -10.1. The van der Waals surface area contributed by atoms with E-state index in [4.69, 9.17) is 0 Å². The van der Waals surface area contributed by atoms with Crippen LogP contribution in [-0.2, 0) is 18.7 Å². The van der Waals surface area contributed by atoms with Crippen LogP contribution in [0, 0.1) is 0 Å². The topological polar surface area (TPSA) is 18.5 Å². The molecule has 2 nitrogen and oxygen atoms in total. The van der Waals surface area contributed by atoms with Gasteiger partial charge < -0.3 is 0 Å². The average Bonchev–Trinajstić information content (AvgIpc) is 3.52. The molecule has 2 aliphatic heterocycles. The van der Waals surface area contributed by atoms with Gasteiger partial charge in [0.15, 0.2) is 0 Å². The Morgan fingerprint density at radius 2 is 0.541 bits per heavy atom. The van der Waals surface area contributed by atoms with Crippen LogP contribution in [0.15, 0.2) is 48.5 Å². The van der Waals surface area contributed by atoms with Crippen LogP contribution in [0.5, 0.6) is 0 Å². The minimum absolute atomic E-state index is 0.0341. The fourth-order valence-electron chi connectivity index (χ4n) is 7.11. The summed E-state index contributed by atoms with van der Waals surface area (Å²) in [6, 6.07) is -3.44. The van der Waals surface area contributed by atoms with Crippen molar-refractivity contribution < 1.29 is 130 Å². The van der Waals surface area contributed by atoms with E-state index >= 15 is 70.2 Å². The van der Waals surface area contributed by atoms with Crippen molar-refractivity contribution >= 4 is 21.8 Å². The zero-order valence-electron chi connectivity index (χ0n) is 29.0. The van der Waals surface area contributed by atoms with Gasteiger partial charge in [0, 0.05) is 0 Å². The first-order valence-corrected chi connectivity index (χ1v) is 19.7. The van der Waals surface area contributed by atoms with Crippen molar-refractivity contribution in [3.8, 4) is 0 Å². The van der Waals surface area contributed by atoms with Crippen LogP contribution in [-0.4, -0.2) is 85.2 Å². The van der Waals surface area contributed by atoms with E-state index in [0.717, 1.165) is 0 Å².